The Balaban J connectivity index is 0.000000810. The summed E-state index contributed by atoms with van der Waals surface area (Å²) in [7, 11) is 0. The number of aryl methyl sites for hydroxylation is 2. The molecule has 2 heteroatoms. The summed E-state index contributed by atoms with van der Waals surface area (Å²) in [6.07, 6.45) is 2.96. The molecule has 0 bridgehead atoms. The molecule has 0 unspecified atom stereocenters. The predicted octanol–water partition coefficient (Wildman–Crippen LogP) is 2.11. The molecule has 1 aromatic rings. The molecule has 0 aliphatic heterocycles. The molecule has 0 aliphatic carbocycles. The molecule has 0 atom stereocenters. The van der Waals surface area contributed by atoms with E-state index in [2.05, 4.69) is 18.0 Å². The van der Waals surface area contributed by atoms with Crippen molar-refractivity contribution >= 4 is 0 Å². The fourth-order valence-corrected chi connectivity index (χ4v) is 0.824. The highest BCUT2D eigenvalue weighted by Crippen LogP contribution is 1.99. The monoisotopic (exact) mass is 138 g/mol. The van der Waals surface area contributed by atoms with Crippen molar-refractivity contribution in [3.05, 3.63) is 29.6 Å². The van der Waals surface area contributed by atoms with E-state index in [1.807, 2.05) is 19.2 Å². The van der Waals surface area contributed by atoms with Gasteiger partial charge < -0.3 is 6.15 Å². The minimum Gasteiger partial charge on any atom is -0.344 e. The van der Waals surface area contributed by atoms with Crippen LogP contribution in [0.4, 0.5) is 0 Å². The Bertz CT molecular complexity index is 196. The highest BCUT2D eigenvalue weighted by atomic mass is 14.6. The summed E-state index contributed by atoms with van der Waals surface area (Å²) in [4.78, 5) is 4.09. The first-order valence-corrected chi connectivity index (χ1v) is 3.24. The van der Waals surface area contributed by atoms with Gasteiger partial charge in [0.15, 0.2) is 0 Å². The molecule has 1 heterocycles. The van der Waals surface area contributed by atoms with Crippen molar-refractivity contribution in [2.75, 3.05) is 0 Å². The van der Waals surface area contributed by atoms with E-state index in [0.717, 1.165) is 12.1 Å². The van der Waals surface area contributed by atoms with Crippen LogP contribution in [0, 0.1) is 6.92 Å². The van der Waals surface area contributed by atoms with Crippen LogP contribution in [0.2, 0.25) is 0 Å². The van der Waals surface area contributed by atoms with E-state index >= 15 is 0 Å². The fraction of sp³-hybridized carbons (Fsp3) is 0.375. The van der Waals surface area contributed by atoms with E-state index in [1.165, 1.54) is 5.56 Å². The summed E-state index contributed by atoms with van der Waals surface area (Å²) >= 11 is 0. The summed E-state index contributed by atoms with van der Waals surface area (Å²) in [5, 5.41) is 0. The zero-order chi connectivity index (χ0) is 6.69. The topological polar surface area (TPSA) is 47.9 Å². The lowest BCUT2D eigenvalue weighted by atomic mass is 10.2. The molecule has 1 aromatic heterocycles. The van der Waals surface area contributed by atoms with Crippen LogP contribution in [0.5, 0.6) is 0 Å². The highest BCUT2D eigenvalue weighted by molar-refractivity contribution is 5.14. The van der Waals surface area contributed by atoms with Gasteiger partial charge in [-0.2, -0.15) is 0 Å². The van der Waals surface area contributed by atoms with E-state index < -0.39 is 0 Å². The van der Waals surface area contributed by atoms with Crippen LogP contribution < -0.4 is 6.15 Å². The van der Waals surface area contributed by atoms with E-state index in [0.29, 0.717) is 0 Å². The highest BCUT2D eigenvalue weighted by Gasteiger charge is 1.86. The van der Waals surface area contributed by atoms with Crippen molar-refractivity contribution in [1.82, 2.24) is 11.1 Å². The van der Waals surface area contributed by atoms with Crippen molar-refractivity contribution in [3.63, 3.8) is 0 Å². The Labute approximate surface area is 61.9 Å². The lowest BCUT2D eigenvalue weighted by Gasteiger charge is -1.94. The van der Waals surface area contributed by atoms with Gasteiger partial charge in [0.25, 0.3) is 0 Å². The van der Waals surface area contributed by atoms with Gasteiger partial charge in [-0.05, 0) is 31.0 Å². The number of aromatic nitrogens is 1. The Morgan fingerprint density at radius 2 is 2.20 bits per heavy atom. The first kappa shape index (κ1) is 9.11. The van der Waals surface area contributed by atoms with Crippen LogP contribution in [0.1, 0.15) is 18.2 Å². The smallest absolute Gasteiger partial charge is 0.0375 e. The molecule has 0 aromatic carbocycles. The van der Waals surface area contributed by atoms with Gasteiger partial charge in [-0.15, -0.1) is 0 Å². The fourth-order valence-electron chi connectivity index (χ4n) is 0.824. The average Bonchev–Trinajstić information content (AvgIpc) is 1.88. The van der Waals surface area contributed by atoms with Crippen LogP contribution >= 0.6 is 0 Å². The molecule has 3 N–H and O–H groups in total. The molecule has 0 spiro atoms. The quantitative estimate of drug-likeness (QED) is 0.646. The third-order valence-corrected chi connectivity index (χ3v) is 1.37. The summed E-state index contributed by atoms with van der Waals surface area (Å²) in [5.74, 6) is 0. The van der Waals surface area contributed by atoms with Gasteiger partial charge in [-0.3, -0.25) is 4.98 Å². The van der Waals surface area contributed by atoms with Crippen LogP contribution in [-0.4, -0.2) is 4.98 Å². The second kappa shape index (κ2) is 4.01. The number of rotatable bonds is 1. The maximum Gasteiger partial charge on any atom is 0.0375 e. The molecule has 0 amide bonds. The number of pyridine rings is 1. The summed E-state index contributed by atoms with van der Waals surface area (Å²) in [6, 6.07) is 4.16. The van der Waals surface area contributed by atoms with Gasteiger partial charge in [0.1, 0.15) is 0 Å². The molecular weight excluding hydrogens is 124 g/mol. The molecule has 2 nitrogen and oxygen atoms in total. The van der Waals surface area contributed by atoms with Crippen LogP contribution in [0.15, 0.2) is 18.3 Å². The minimum absolute atomic E-state index is 0. The standard InChI is InChI=1S/C8H11N.H3N/c1-3-8-4-5-9-7(2)6-8;/h4-6H,3H2,1-2H3;1H3. The summed E-state index contributed by atoms with van der Waals surface area (Å²) in [6.45, 7) is 4.16. The van der Waals surface area contributed by atoms with Crippen molar-refractivity contribution in [2.24, 2.45) is 0 Å². The molecule has 0 saturated carbocycles. The number of nitrogens with zero attached hydrogens (tertiary/aromatic N) is 1. The normalized spacial score (nSPS) is 8.60. The van der Waals surface area contributed by atoms with Crippen LogP contribution in [0.25, 0.3) is 0 Å². The largest absolute Gasteiger partial charge is 0.344 e. The molecule has 10 heavy (non-hydrogen) atoms. The van der Waals surface area contributed by atoms with E-state index in [-0.39, 0.29) is 6.15 Å². The van der Waals surface area contributed by atoms with Crippen molar-refractivity contribution in [2.45, 2.75) is 20.3 Å². The Morgan fingerprint density at radius 3 is 2.60 bits per heavy atom. The van der Waals surface area contributed by atoms with Gasteiger partial charge in [-0.1, -0.05) is 6.92 Å². The van der Waals surface area contributed by atoms with Gasteiger partial charge in [0.05, 0.1) is 0 Å². The van der Waals surface area contributed by atoms with E-state index in [9.17, 15) is 0 Å². The Kier molecular flexibility index (Phi) is 3.65. The number of hydrogen-bond donors (Lipinski definition) is 1. The first-order chi connectivity index (χ1) is 4.33. The molecule has 0 saturated heterocycles. The Morgan fingerprint density at radius 1 is 1.50 bits per heavy atom. The average molecular weight is 138 g/mol. The van der Waals surface area contributed by atoms with E-state index in [1.54, 1.807) is 0 Å². The SMILES string of the molecule is CCc1ccnc(C)c1.N. The van der Waals surface area contributed by atoms with Crippen molar-refractivity contribution in [1.29, 1.82) is 0 Å². The molecule has 0 aliphatic rings. The summed E-state index contributed by atoms with van der Waals surface area (Å²) in [5.41, 5.74) is 2.47. The number of hydrogen-bond acceptors (Lipinski definition) is 2. The molecule has 0 fully saturated rings. The molecular formula is C8H14N2. The predicted molar refractivity (Wildman–Crippen MR) is 43.4 cm³/mol. The molecule has 1 rings (SSSR count). The van der Waals surface area contributed by atoms with Gasteiger partial charge >= 0.3 is 0 Å². The zero-order valence-corrected chi connectivity index (χ0v) is 6.59. The zero-order valence-electron chi connectivity index (χ0n) is 6.59. The van der Waals surface area contributed by atoms with Crippen molar-refractivity contribution < 1.29 is 0 Å². The minimum atomic E-state index is 0. The molecule has 0 radical (unpaired) electrons. The first-order valence-electron chi connectivity index (χ1n) is 3.24. The van der Waals surface area contributed by atoms with Crippen molar-refractivity contribution in [3.8, 4) is 0 Å². The van der Waals surface area contributed by atoms with Crippen LogP contribution in [-0.2, 0) is 6.42 Å². The van der Waals surface area contributed by atoms with Gasteiger partial charge in [0, 0.05) is 11.9 Å². The lowest BCUT2D eigenvalue weighted by Crippen LogP contribution is -1.83. The summed E-state index contributed by atoms with van der Waals surface area (Å²) < 4.78 is 0. The van der Waals surface area contributed by atoms with Gasteiger partial charge in [0.2, 0.25) is 0 Å². The second-order valence-electron chi connectivity index (χ2n) is 2.16. The maximum absolute atomic E-state index is 4.09. The van der Waals surface area contributed by atoms with Gasteiger partial charge in [-0.25, -0.2) is 0 Å². The van der Waals surface area contributed by atoms with E-state index in [4.69, 9.17) is 0 Å². The lowest BCUT2D eigenvalue weighted by molar-refractivity contribution is 1.09. The van der Waals surface area contributed by atoms with Crippen LogP contribution in [0.3, 0.4) is 0 Å². The second-order valence-corrected chi connectivity index (χ2v) is 2.16. The molecule has 56 valence electrons. The Hall–Kier alpha value is -0.890. The third-order valence-electron chi connectivity index (χ3n) is 1.37. The third kappa shape index (κ3) is 2.15. The maximum atomic E-state index is 4.09.